The smallest absolute Gasteiger partial charge is 0.269 e. The monoisotopic (exact) mass is 382 g/mol. The SMILES string of the molecule is CC(=O)N[C@@H](C)S[C@H]1NC(=O)[C@@H]1C(=O)NOCc1ccc([N+](=O)[O-])cc1. The minimum Gasteiger partial charge on any atom is -0.345 e. The number of carbonyl (C=O) groups excluding carboxylic acids is 3. The molecule has 1 fully saturated rings. The van der Waals surface area contributed by atoms with Gasteiger partial charge in [-0.1, -0.05) is 0 Å². The highest BCUT2D eigenvalue weighted by Crippen LogP contribution is 2.28. The molecule has 0 radical (unpaired) electrons. The standard InChI is InChI=1S/C15H18N4O6S/c1-8(20)16-9(2)26-15-12(13(21)17-15)14(22)18-25-7-10-3-5-11(6-4-10)19(23)24/h3-6,9,12,15H,7H2,1-2H3,(H,16,20)(H,17,21)(H,18,22)/t9-,12-,15-/m1/s1. The number of nitrogens with zero attached hydrogens (tertiary/aromatic N) is 1. The lowest BCUT2D eigenvalue weighted by molar-refractivity contribution is -0.384. The fourth-order valence-corrected chi connectivity index (χ4v) is 3.49. The van der Waals surface area contributed by atoms with Crippen LogP contribution in [-0.2, 0) is 25.8 Å². The van der Waals surface area contributed by atoms with Crippen LogP contribution in [0.1, 0.15) is 19.4 Å². The molecule has 10 nitrogen and oxygen atoms in total. The van der Waals surface area contributed by atoms with E-state index in [-0.39, 0.29) is 23.6 Å². The number of benzene rings is 1. The minimum absolute atomic E-state index is 0.00181. The number of nitro groups is 1. The Kier molecular flexibility index (Phi) is 6.52. The lowest BCUT2D eigenvalue weighted by Gasteiger charge is -2.36. The summed E-state index contributed by atoms with van der Waals surface area (Å²) in [5.74, 6) is -2.15. The van der Waals surface area contributed by atoms with Crippen LogP contribution in [0.15, 0.2) is 24.3 Å². The van der Waals surface area contributed by atoms with E-state index in [4.69, 9.17) is 4.84 Å². The van der Waals surface area contributed by atoms with Gasteiger partial charge in [0.25, 0.3) is 11.6 Å². The lowest BCUT2D eigenvalue weighted by Crippen LogP contribution is -2.62. The van der Waals surface area contributed by atoms with Crippen molar-refractivity contribution < 1.29 is 24.1 Å². The van der Waals surface area contributed by atoms with E-state index < -0.39 is 28.0 Å². The number of hydrogen-bond acceptors (Lipinski definition) is 7. The van der Waals surface area contributed by atoms with Crippen LogP contribution in [0, 0.1) is 16.0 Å². The molecule has 1 aliphatic rings. The highest BCUT2D eigenvalue weighted by molar-refractivity contribution is 8.00. The number of thioether (sulfide) groups is 1. The Bertz CT molecular complexity index is 711. The van der Waals surface area contributed by atoms with Crippen LogP contribution >= 0.6 is 11.8 Å². The van der Waals surface area contributed by atoms with Crippen molar-refractivity contribution in [3.63, 3.8) is 0 Å². The van der Waals surface area contributed by atoms with E-state index >= 15 is 0 Å². The van der Waals surface area contributed by atoms with Crippen molar-refractivity contribution in [3.05, 3.63) is 39.9 Å². The first-order valence-corrected chi connectivity index (χ1v) is 8.60. The number of nitro benzene ring substituents is 1. The van der Waals surface area contributed by atoms with E-state index in [1.165, 1.54) is 43.0 Å². The maximum absolute atomic E-state index is 12.1. The Morgan fingerprint density at radius 2 is 2.04 bits per heavy atom. The van der Waals surface area contributed by atoms with Gasteiger partial charge in [0, 0.05) is 19.1 Å². The second-order valence-electron chi connectivity index (χ2n) is 5.56. The van der Waals surface area contributed by atoms with Crippen LogP contribution in [0.2, 0.25) is 0 Å². The Hall–Kier alpha value is -2.66. The second kappa shape index (κ2) is 8.63. The average molecular weight is 382 g/mol. The van der Waals surface area contributed by atoms with E-state index in [0.29, 0.717) is 5.56 Å². The molecule has 1 aromatic rings. The second-order valence-corrected chi connectivity index (χ2v) is 7.05. The number of nitrogens with one attached hydrogen (secondary N) is 3. The summed E-state index contributed by atoms with van der Waals surface area (Å²) >= 11 is 1.24. The molecule has 1 saturated heterocycles. The van der Waals surface area contributed by atoms with Gasteiger partial charge in [0.2, 0.25) is 11.8 Å². The number of hydrogen-bond donors (Lipinski definition) is 3. The molecule has 26 heavy (non-hydrogen) atoms. The van der Waals surface area contributed by atoms with Crippen LogP contribution in [0.4, 0.5) is 5.69 Å². The Balaban J connectivity index is 1.79. The van der Waals surface area contributed by atoms with Gasteiger partial charge in [-0.15, -0.1) is 11.8 Å². The fourth-order valence-electron chi connectivity index (χ4n) is 2.23. The van der Waals surface area contributed by atoms with Crippen LogP contribution in [0.5, 0.6) is 0 Å². The van der Waals surface area contributed by atoms with Crippen molar-refractivity contribution in [1.82, 2.24) is 16.1 Å². The molecule has 0 bridgehead atoms. The number of carbonyl (C=O) groups is 3. The summed E-state index contributed by atoms with van der Waals surface area (Å²) in [6, 6.07) is 5.67. The summed E-state index contributed by atoms with van der Waals surface area (Å²) in [6.45, 7) is 3.13. The third kappa shape index (κ3) is 5.17. The van der Waals surface area contributed by atoms with E-state index in [2.05, 4.69) is 16.1 Å². The van der Waals surface area contributed by atoms with E-state index in [1.54, 1.807) is 6.92 Å². The molecule has 0 unspecified atom stereocenters. The molecular formula is C15H18N4O6S. The van der Waals surface area contributed by atoms with Crippen molar-refractivity contribution in [3.8, 4) is 0 Å². The van der Waals surface area contributed by atoms with Gasteiger partial charge in [-0.25, -0.2) is 5.48 Å². The minimum atomic E-state index is -0.923. The molecule has 140 valence electrons. The summed E-state index contributed by atoms with van der Waals surface area (Å²) < 4.78 is 0. The van der Waals surface area contributed by atoms with Crippen molar-refractivity contribution in [1.29, 1.82) is 0 Å². The predicted octanol–water partition coefficient (Wildman–Crippen LogP) is 0.430. The molecule has 0 aliphatic carbocycles. The van der Waals surface area contributed by atoms with Crippen molar-refractivity contribution >= 4 is 35.2 Å². The molecule has 11 heteroatoms. The Morgan fingerprint density at radius 3 is 2.58 bits per heavy atom. The summed E-state index contributed by atoms with van der Waals surface area (Å²) in [5, 5.41) is 15.1. The number of hydroxylamine groups is 1. The third-order valence-electron chi connectivity index (χ3n) is 3.47. The molecule has 0 saturated carbocycles. The summed E-state index contributed by atoms with van der Waals surface area (Å²) in [4.78, 5) is 49.9. The number of non-ortho nitro benzene ring substituents is 1. The average Bonchev–Trinajstić information content (AvgIpc) is 2.53. The fraction of sp³-hybridized carbons (Fsp3) is 0.400. The lowest BCUT2D eigenvalue weighted by atomic mass is 10.0. The van der Waals surface area contributed by atoms with Gasteiger partial charge in [-0.3, -0.25) is 29.3 Å². The van der Waals surface area contributed by atoms with Crippen molar-refractivity contribution in [2.75, 3.05) is 0 Å². The molecule has 2 rings (SSSR count). The van der Waals surface area contributed by atoms with Gasteiger partial charge < -0.3 is 10.6 Å². The zero-order valence-electron chi connectivity index (χ0n) is 14.1. The van der Waals surface area contributed by atoms with Crippen LogP contribution < -0.4 is 16.1 Å². The van der Waals surface area contributed by atoms with Gasteiger partial charge in [-0.2, -0.15) is 0 Å². The topological polar surface area (TPSA) is 140 Å². The normalized spacial score (nSPS) is 19.7. The summed E-state index contributed by atoms with van der Waals surface area (Å²) in [7, 11) is 0. The molecular weight excluding hydrogens is 364 g/mol. The van der Waals surface area contributed by atoms with Crippen LogP contribution in [0.3, 0.4) is 0 Å². The van der Waals surface area contributed by atoms with Crippen LogP contribution in [0.25, 0.3) is 0 Å². The first-order chi connectivity index (χ1) is 12.3. The molecule has 3 N–H and O–H groups in total. The van der Waals surface area contributed by atoms with Gasteiger partial charge in [0.1, 0.15) is 5.92 Å². The van der Waals surface area contributed by atoms with Crippen molar-refractivity contribution in [2.45, 2.75) is 31.2 Å². The number of amides is 3. The van der Waals surface area contributed by atoms with E-state index in [1.807, 2.05) is 0 Å². The first-order valence-electron chi connectivity index (χ1n) is 7.66. The largest absolute Gasteiger partial charge is 0.345 e. The van der Waals surface area contributed by atoms with Crippen LogP contribution in [-0.4, -0.2) is 33.4 Å². The quantitative estimate of drug-likeness (QED) is 0.195. The summed E-state index contributed by atoms with van der Waals surface area (Å²) in [5.41, 5.74) is 2.79. The molecule has 3 atom stereocenters. The first kappa shape index (κ1) is 19.7. The van der Waals surface area contributed by atoms with Crippen molar-refractivity contribution in [2.24, 2.45) is 5.92 Å². The highest BCUT2D eigenvalue weighted by Gasteiger charge is 2.46. The molecule has 1 aromatic carbocycles. The molecule has 0 aromatic heterocycles. The number of rotatable bonds is 8. The van der Waals surface area contributed by atoms with Gasteiger partial charge in [0.05, 0.1) is 22.3 Å². The summed E-state index contributed by atoms with van der Waals surface area (Å²) in [6.07, 6.45) is 0. The van der Waals surface area contributed by atoms with E-state index in [9.17, 15) is 24.5 Å². The third-order valence-corrected chi connectivity index (χ3v) is 4.68. The zero-order valence-corrected chi connectivity index (χ0v) is 14.9. The van der Waals surface area contributed by atoms with Gasteiger partial charge in [-0.05, 0) is 24.6 Å². The van der Waals surface area contributed by atoms with Gasteiger partial charge in [0.15, 0.2) is 0 Å². The maximum atomic E-state index is 12.1. The molecule has 0 spiro atoms. The van der Waals surface area contributed by atoms with E-state index in [0.717, 1.165) is 0 Å². The maximum Gasteiger partial charge on any atom is 0.269 e. The molecule has 3 amide bonds. The predicted molar refractivity (Wildman–Crippen MR) is 92.3 cm³/mol. The highest BCUT2D eigenvalue weighted by atomic mass is 32.2. The molecule has 1 aliphatic heterocycles. The number of β-lactam (4-membered cyclic amide) rings is 1. The Labute approximate surface area is 153 Å². The van der Waals surface area contributed by atoms with Gasteiger partial charge >= 0.3 is 0 Å². The molecule has 1 heterocycles. The zero-order chi connectivity index (χ0) is 19.3. The Morgan fingerprint density at radius 1 is 1.38 bits per heavy atom.